The molecule has 3 atom stereocenters. The average molecular weight is 319 g/mol. The molecule has 2 aliphatic rings. The molecule has 0 amide bonds. The Morgan fingerprint density at radius 2 is 2.04 bits per heavy atom. The Morgan fingerprint density at radius 1 is 1.35 bits per heavy atom. The Labute approximate surface area is 142 Å². The summed E-state index contributed by atoms with van der Waals surface area (Å²) < 4.78 is 4.73. The Balaban J connectivity index is 2.14. The molecule has 2 rings (SSSR count). The molecule has 0 radical (unpaired) electrons. The lowest BCUT2D eigenvalue weighted by molar-refractivity contribution is -0.134. The molecule has 2 aliphatic carbocycles. The average Bonchev–Trinajstić information content (AvgIpc) is 2.45. The first-order valence-corrected chi connectivity index (χ1v) is 9.13. The second-order valence-electron chi connectivity index (χ2n) is 8.70. The Morgan fingerprint density at radius 3 is 2.70 bits per heavy atom. The molecule has 0 aliphatic heterocycles. The van der Waals surface area contributed by atoms with Crippen molar-refractivity contribution in [2.75, 3.05) is 7.11 Å². The maximum atomic E-state index is 11.4. The first-order valence-electron chi connectivity index (χ1n) is 9.13. The Hall–Kier alpha value is -1.05. The highest BCUT2D eigenvalue weighted by atomic mass is 16.5. The molecule has 2 heteroatoms. The quantitative estimate of drug-likeness (QED) is 0.378. The number of esters is 1. The number of hydrogen-bond acceptors (Lipinski definition) is 2. The van der Waals surface area contributed by atoms with E-state index < -0.39 is 0 Å². The monoisotopic (exact) mass is 318 g/mol. The van der Waals surface area contributed by atoms with Crippen molar-refractivity contribution in [1.82, 2.24) is 0 Å². The van der Waals surface area contributed by atoms with Crippen molar-refractivity contribution in [2.24, 2.45) is 22.7 Å². The van der Waals surface area contributed by atoms with Crippen LogP contribution in [0.5, 0.6) is 0 Å². The SMILES string of the molecule is C=C1CC[C@@H]2C(C)(C)CCC[C@@]2(C)[C@H]1CC/C(C)=C/C(=O)OC. The molecular weight excluding hydrogens is 284 g/mol. The first kappa shape index (κ1) is 18.3. The van der Waals surface area contributed by atoms with Gasteiger partial charge in [0.25, 0.3) is 0 Å². The summed E-state index contributed by atoms with van der Waals surface area (Å²) in [6.45, 7) is 13.9. The van der Waals surface area contributed by atoms with Gasteiger partial charge in [-0.3, -0.25) is 0 Å². The summed E-state index contributed by atoms with van der Waals surface area (Å²) in [6, 6.07) is 0. The Kier molecular flexibility index (Phi) is 5.43. The van der Waals surface area contributed by atoms with Gasteiger partial charge in [0, 0.05) is 6.08 Å². The second-order valence-corrected chi connectivity index (χ2v) is 8.70. The van der Waals surface area contributed by atoms with E-state index >= 15 is 0 Å². The van der Waals surface area contributed by atoms with E-state index in [2.05, 4.69) is 27.4 Å². The highest BCUT2D eigenvalue weighted by Crippen LogP contribution is 2.61. The van der Waals surface area contributed by atoms with Crippen LogP contribution in [0, 0.1) is 22.7 Å². The van der Waals surface area contributed by atoms with Gasteiger partial charge in [-0.1, -0.05) is 44.9 Å². The maximum absolute atomic E-state index is 11.4. The fraction of sp³-hybridized carbons (Fsp3) is 0.762. The minimum atomic E-state index is -0.243. The maximum Gasteiger partial charge on any atom is 0.330 e. The van der Waals surface area contributed by atoms with Gasteiger partial charge >= 0.3 is 5.97 Å². The van der Waals surface area contributed by atoms with E-state index in [1.165, 1.54) is 44.8 Å². The van der Waals surface area contributed by atoms with Crippen LogP contribution in [0.1, 0.15) is 72.6 Å². The number of hydrogen-bond donors (Lipinski definition) is 0. The molecule has 2 saturated carbocycles. The third-order valence-corrected chi connectivity index (χ3v) is 6.71. The van der Waals surface area contributed by atoms with Crippen LogP contribution in [-0.2, 0) is 9.53 Å². The van der Waals surface area contributed by atoms with E-state index in [1.54, 1.807) is 6.08 Å². The molecule has 2 fully saturated rings. The standard InChI is InChI=1S/C21H34O2/c1-15(14-19(22)23-6)8-10-17-16(2)9-11-18-20(3,4)12-7-13-21(17,18)5/h14,17-18H,2,7-13H2,1,3-6H3/b15-14+/t17-,18+,21-/m0/s1. The van der Waals surface area contributed by atoms with Crippen molar-refractivity contribution < 1.29 is 9.53 Å². The highest BCUT2D eigenvalue weighted by molar-refractivity contribution is 5.82. The van der Waals surface area contributed by atoms with Crippen LogP contribution in [0.3, 0.4) is 0 Å². The number of ether oxygens (including phenoxy) is 1. The molecule has 0 bridgehead atoms. The summed E-state index contributed by atoms with van der Waals surface area (Å²) in [5, 5.41) is 0. The topological polar surface area (TPSA) is 26.3 Å². The van der Waals surface area contributed by atoms with Gasteiger partial charge in [-0.15, -0.1) is 0 Å². The largest absolute Gasteiger partial charge is 0.466 e. The zero-order valence-corrected chi connectivity index (χ0v) is 15.7. The molecule has 0 aromatic rings. The van der Waals surface area contributed by atoms with E-state index in [0.29, 0.717) is 16.7 Å². The Bertz CT molecular complexity index is 500. The summed E-state index contributed by atoms with van der Waals surface area (Å²) in [4.78, 5) is 11.4. The molecular formula is C21H34O2. The zero-order chi connectivity index (χ0) is 17.3. The number of allylic oxidation sites excluding steroid dienone is 2. The van der Waals surface area contributed by atoms with Crippen molar-refractivity contribution in [1.29, 1.82) is 0 Å². The van der Waals surface area contributed by atoms with Crippen molar-refractivity contribution >= 4 is 5.97 Å². The van der Waals surface area contributed by atoms with Gasteiger partial charge in [0.2, 0.25) is 0 Å². The number of rotatable bonds is 4. The lowest BCUT2D eigenvalue weighted by atomic mass is 9.47. The lowest BCUT2D eigenvalue weighted by Crippen LogP contribution is -2.49. The van der Waals surface area contributed by atoms with Gasteiger partial charge in [-0.2, -0.15) is 0 Å². The minimum Gasteiger partial charge on any atom is -0.466 e. The van der Waals surface area contributed by atoms with E-state index in [0.717, 1.165) is 24.3 Å². The summed E-state index contributed by atoms with van der Waals surface area (Å²) >= 11 is 0. The van der Waals surface area contributed by atoms with Gasteiger partial charge in [-0.05, 0) is 68.1 Å². The van der Waals surface area contributed by atoms with Gasteiger partial charge in [-0.25, -0.2) is 4.79 Å². The number of methoxy groups -OCH3 is 1. The number of fused-ring (bicyclic) bond motifs is 1. The molecule has 2 nitrogen and oxygen atoms in total. The van der Waals surface area contributed by atoms with Crippen molar-refractivity contribution in [3.8, 4) is 0 Å². The predicted molar refractivity (Wildman–Crippen MR) is 96.1 cm³/mol. The van der Waals surface area contributed by atoms with Crippen LogP contribution in [0.4, 0.5) is 0 Å². The third-order valence-electron chi connectivity index (χ3n) is 6.71. The smallest absolute Gasteiger partial charge is 0.330 e. The molecule has 0 heterocycles. The highest BCUT2D eigenvalue weighted by Gasteiger charge is 2.52. The normalized spacial score (nSPS) is 34.0. The van der Waals surface area contributed by atoms with Crippen LogP contribution in [-0.4, -0.2) is 13.1 Å². The number of carbonyl (C=O) groups is 1. The zero-order valence-electron chi connectivity index (χ0n) is 15.7. The molecule has 23 heavy (non-hydrogen) atoms. The van der Waals surface area contributed by atoms with Crippen molar-refractivity contribution in [2.45, 2.75) is 72.6 Å². The number of carbonyl (C=O) groups excluding carboxylic acids is 1. The third kappa shape index (κ3) is 3.72. The molecule has 0 unspecified atom stereocenters. The molecule has 0 aromatic heterocycles. The van der Waals surface area contributed by atoms with Crippen LogP contribution >= 0.6 is 0 Å². The predicted octanol–water partition coefficient (Wildman–Crippen LogP) is 5.68. The molecule has 0 aromatic carbocycles. The minimum absolute atomic E-state index is 0.243. The molecule has 0 N–H and O–H groups in total. The van der Waals surface area contributed by atoms with E-state index in [9.17, 15) is 4.79 Å². The van der Waals surface area contributed by atoms with Gasteiger partial charge in [0.1, 0.15) is 0 Å². The summed E-state index contributed by atoms with van der Waals surface area (Å²) in [5.74, 6) is 1.14. The fourth-order valence-electron chi connectivity index (χ4n) is 5.51. The summed E-state index contributed by atoms with van der Waals surface area (Å²) in [5.41, 5.74) is 3.38. The molecule has 130 valence electrons. The van der Waals surface area contributed by atoms with Crippen LogP contribution in [0.2, 0.25) is 0 Å². The lowest BCUT2D eigenvalue weighted by Gasteiger charge is -2.58. The van der Waals surface area contributed by atoms with E-state index in [4.69, 9.17) is 4.74 Å². The molecule has 0 saturated heterocycles. The fourth-order valence-corrected chi connectivity index (χ4v) is 5.51. The van der Waals surface area contributed by atoms with Gasteiger partial charge < -0.3 is 4.74 Å². The van der Waals surface area contributed by atoms with Crippen LogP contribution in [0.15, 0.2) is 23.8 Å². The van der Waals surface area contributed by atoms with Crippen LogP contribution < -0.4 is 0 Å². The van der Waals surface area contributed by atoms with Gasteiger partial charge in [0.05, 0.1) is 7.11 Å². The summed E-state index contributed by atoms with van der Waals surface area (Å²) in [6.07, 6.45) is 10.2. The van der Waals surface area contributed by atoms with Crippen LogP contribution in [0.25, 0.3) is 0 Å². The first-order chi connectivity index (χ1) is 10.7. The van der Waals surface area contributed by atoms with Crippen molar-refractivity contribution in [3.63, 3.8) is 0 Å². The van der Waals surface area contributed by atoms with E-state index in [-0.39, 0.29) is 5.97 Å². The second kappa shape index (κ2) is 6.83. The summed E-state index contributed by atoms with van der Waals surface area (Å²) in [7, 11) is 1.44. The van der Waals surface area contributed by atoms with Crippen molar-refractivity contribution in [3.05, 3.63) is 23.8 Å². The molecule has 0 spiro atoms. The van der Waals surface area contributed by atoms with E-state index in [1.807, 2.05) is 6.92 Å². The van der Waals surface area contributed by atoms with Gasteiger partial charge in [0.15, 0.2) is 0 Å².